The van der Waals surface area contributed by atoms with E-state index in [4.69, 9.17) is 0 Å². The normalized spacial score (nSPS) is 12.8. The fraction of sp³-hybridized carbons (Fsp3) is 1.00. The Kier molecular flexibility index (Phi) is 12.9. The van der Waals surface area contributed by atoms with Crippen LogP contribution in [0.5, 0.6) is 0 Å². The molecule has 0 bridgehead atoms. The number of hydrogen-bond donors (Lipinski definition) is 1. The zero-order valence-electron chi connectivity index (χ0n) is 8.14. The van der Waals surface area contributed by atoms with E-state index in [1.165, 1.54) is 19.3 Å². The summed E-state index contributed by atoms with van der Waals surface area (Å²) in [6, 6.07) is 0. The van der Waals surface area contributed by atoms with Crippen LogP contribution >= 0.6 is 0 Å². The number of rotatable bonds is 6. The maximum absolute atomic E-state index is 9.45. The van der Waals surface area contributed by atoms with Gasteiger partial charge in [-0.25, -0.2) is 0 Å². The van der Waals surface area contributed by atoms with Crippen LogP contribution < -0.4 is 0 Å². The summed E-state index contributed by atoms with van der Waals surface area (Å²) < 4.78 is 0. The molecule has 0 saturated carbocycles. The molecule has 0 aromatic heterocycles. The SMILES string of the molecule is CCCCCC(O)CC(C)C.[NaH]. The van der Waals surface area contributed by atoms with Crippen molar-refractivity contribution >= 4 is 29.6 Å². The molecular formula is C10H23NaO. The number of hydrogen-bond acceptors (Lipinski definition) is 1. The first kappa shape index (κ1) is 15.4. The Hall–Kier alpha value is 0.960. The molecule has 0 saturated heterocycles. The number of unbranched alkanes of at least 4 members (excludes halogenated alkanes) is 2. The van der Waals surface area contributed by atoms with Crippen molar-refractivity contribution in [2.75, 3.05) is 0 Å². The van der Waals surface area contributed by atoms with Gasteiger partial charge in [-0.3, -0.25) is 0 Å². The van der Waals surface area contributed by atoms with Crippen molar-refractivity contribution in [3.8, 4) is 0 Å². The van der Waals surface area contributed by atoms with Gasteiger partial charge in [-0.1, -0.05) is 40.0 Å². The van der Waals surface area contributed by atoms with Gasteiger partial charge < -0.3 is 5.11 Å². The first-order chi connectivity index (χ1) is 5.16. The summed E-state index contributed by atoms with van der Waals surface area (Å²) in [5.74, 6) is 0.631. The molecule has 70 valence electrons. The van der Waals surface area contributed by atoms with Crippen molar-refractivity contribution in [1.29, 1.82) is 0 Å². The second-order valence-electron chi connectivity index (χ2n) is 3.78. The van der Waals surface area contributed by atoms with E-state index in [1.807, 2.05) is 0 Å². The molecule has 0 aliphatic rings. The van der Waals surface area contributed by atoms with Crippen LogP contribution in [0.2, 0.25) is 0 Å². The van der Waals surface area contributed by atoms with Gasteiger partial charge in [0, 0.05) is 0 Å². The Morgan fingerprint density at radius 3 is 2.17 bits per heavy atom. The molecule has 0 aliphatic carbocycles. The molecule has 0 heterocycles. The van der Waals surface area contributed by atoms with Crippen LogP contribution in [0.4, 0.5) is 0 Å². The summed E-state index contributed by atoms with van der Waals surface area (Å²) in [5, 5.41) is 9.45. The molecular weight excluding hydrogens is 159 g/mol. The summed E-state index contributed by atoms with van der Waals surface area (Å²) in [4.78, 5) is 0. The molecule has 1 nitrogen and oxygen atoms in total. The summed E-state index contributed by atoms with van der Waals surface area (Å²) in [5.41, 5.74) is 0. The van der Waals surface area contributed by atoms with Crippen molar-refractivity contribution in [2.24, 2.45) is 5.92 Å². The van der Waals surface area contributed by atoms with Gasteiger partial charge in [-0.15, -0.1) is 0 Å². The van der Waals surface area contributed by atoms with Crippen LogP contribution in [0.25, 0.3) is 0 Å². The predicted octanol–water partition coefficient (Wildman–Crippen LogP) is 2.33. The van der Waals surface area contributed by atoms with Crippen LogP contribution in [-0.4, -0.2) is 40.8 Å². The third-order valence-electron chi connectivity index (χ3n) is 1.88. The van der Waals surface area contributed by atoms with Gasteiger partial charge in [0.2, 0.25) is 0 Å². The second-order valence-corrected chi connectivity index (χ2v) is 3.78. The molecule has 1 N–H and O–H groups in total. The van der Waals surface area contributed by atoms with Gasteiger partial charge in [-0.05, 0) is 18.8 Å². The van der Waals surface area contributed by atoms with E-state index in [2.05, 4.69) is 20.8 Å². The molecule has 0 aliphatic heterocycles. The third kappa shape index (κ3) is 11.0. The fourth-order valence-corrected chi connectivity index (χ4v) is 1.29. The van der Waals surface area contributed by atoms with Crippen molar-refractivity contribution in [1.82, 2.24) is 0 Å². The minimum absolute atomic E-state index is 0. The fourth-order valence-electron chi connectivity index (χ4n) is 1.29. The maximum atomic E-state index is 9.45. The quantitative estimate of drug-likeness (QED) is 0.494. The first-order valence-corrected chi connectivity index (χ1v) is 4.84. The van der Waals surface area contributed by atoms with E-state index in [0.717, 1.165) is 12.8 Å². The molecule has 0 amide bonds. The molecule has 1 atom stereocenters. The average Bonchev–Trinajstić information content (AvgIpc) is 1.86. The van der Waals surface area contributed by atoms with Crippen LogP contribution in [-0.2, 0) is 0 Å². The standard InChI is InChI=1S/C10H22O.Na.H/c1-4-5-6-7-10(11)8-9(2)3;;/h9-11H,4-8H2,1-3H3;;. The van der Waals surface area contributed by atoms with Crippen molar-refractivity contribution < 1.29 is 5.11 Å². The van der Waals surface area contributed by atoms with Gasteiger partial charge in [0.1, 0.15) is 0 Å². The summed E-state index contributed by atoms with van der Waals surface area (Å²) in [6.45, 7) is 6.50. The Balaban J connectivity index is 0. The van der Waals surface area contributed by atoms with E-state index in [-0.39, 0.29) is 35.7 Å². The van der Waals surface area contributed by atoms with Gasteiger partial charge >= 0.3 is 29.6 Å². The minimum atomic E-state index is -0.0541. The molecule has 2 heteroatoms. The topological polar surface area (TPSA) is 20.2 Å². The van der Waals surface area contributed by atoms with Crippen LogP contribution in [0.3, 0.4) is 0 Å². The Bertz CT molecular complexity index is 83.9. The van der Waals surface area contributed by atoms with Crippen molar-refractivity contribution in [3.05, 3.63) is 0 Å². The molecule has 0 aromatic carbocycles. The Labute approximate surface area is 99.2 Å². The second kappa shape index (κ2) is 10.0. The monoisotopic (exact) mass is 182 g/mol. The first-order valence-electron chi connectivity index (χ1n) is 4.84. The van der Waals surface area contributed by atoms with E-state index in [0.29, 0.717) is 5.92 Å². The Morgan fingerprint density at radius 2 is 1.75 bits per heavy atom. The number of aliphatic hydroxyl groups excluding tert-OH is 1. The van der Waals surface area contributed by atoms with E-state index in [1.54, 1.807) is 0 Å². The third-order valence-corrected chi connectivity index (χ3v) is 1.88. The predicted molar refractivity (Wildman–Crippen MR) is 56.8 cm³/mol. The van der Waals surface area contributed by atoms with E-state index in [9.17, 15) is 5.11 Å². The molecule has 1 unspecified atom stereocenters. The number of aliphatic hydroxyl groups is 1. The van der Waals surface area contributed by atoms with Crippen molar-refractivity contribution in [3.63, 3.8) is 0 Å². The van der Waals surface area contributed by atoms with Crippen LogP contribution in [0.1, 0.15) is 52.9 Å². The zero-order valence-corrected chi connectivity index (χ0v) is 8.14. The van der Waals surface area contributed by atoms with Crippen molar-refractivity contribution in [2.45, 2.75) is 59.0 Å². The van der Waals surface area contributed by atoms with Gasteiger partial charge in [0.05, 0.1) is 6.10 Å². The average molecular weight is 182 g/mol. The molecule has 12 heavy (non-hydrogen) atoms. The Morgan fingerprint density at radius 1 is 1.17 bits per heavy atom. The molecule has 0 spiro atoms. The summed E-state index contributed by atoms with van der Waals surface area (Å²) >= 11 is 0. The van der Waals surface area contributed by atoms with Gasteiger partial charge in [-0.2, -0.15) is 0 Å². The molecule has 0 fully saturated rings. The van der Waals surface area contributed by atoms with Gasteiger partial charge in [0.25, 0.3) is 0 Å². The molecule has 0 radical (unpaired) electrons. The van der Waals surface area contributed by atoms with Crippen LogP contribution in [0, 0.1) is 5.92 Å². The van der Waals surface area contributed by atoms with Crippen LogP contribution in [0.15, 0.2) is 0 Å². The zero-order chi connectivity index (χ0) is 8.69. The van der Waals surface area contributed by atoms with Gasteiger partial charge in [0.15, 0.2) is 0 Å². The molecule has 0 rings (SSSR count). The van der Waals surface area contributed by atoms with E-state index < -0.39 is 0 Å². The molecule has 0 aromatic rings. The summed E-state index contributed by atoms with van der Waals surface area (Å²) in [7, 11) is 0. The summed E-state index contributed by atoms with van der Waals surface area (Å²) in [6.07, 6.45) is 5.59. The van der Waals surface area contributed by atoms with E-state index >= 15 is 0 Å².